The second kappa shape index (κ2) is 9.79. The van der Waals surface area contributed by atoms with Gasteiger partial charge in [-0.05, 0) is 83.9 Å². The van der Waals surface area contributed by atoms with E-state index in [-0.39, 0.29) is 28.4 Å². The molecule has 0 unspecified atom stereocenters. The molecule has 4 aromatic carbocycles. The molecule has 32 heavy (non-hydrogen) atoms. The molecule has 0 aliphatic heterocycles. The summed E-state index contributed by atoms with van der Waals surface area (Å²) in [4.78, 5) is 0. The van der Waals surface area contributed by atoms with Crippen LogP contribution in [0, 0.1) is 0 Å². The van der Waals surface area contributed by atoms with Crippen LogP contribution in [-0.4, -0.2) is 20.4 Å². The van der Waals surface area contributed by atoms with Gasteiger partial charge in [0.1, 0.15) is 34.5 Å². The Morgan fingerprint density at radius 2 is 0.688 bits per heavy atom. The summed E-state index contributed by atoms with van der Waals surface area (Å²) in [6, 6.07) is 27.3. The highest BCUT2D eigenvalue weighted by Crippen LogP contribution is 2.33. The first kappa shape index (κ1) is 22.6. The molecule has 5 nitrogen and oxygen atoms in total. The Bertz CT molecular complexity index is 1020. The summed E-state index contributed by atoms with van der Waals surface area (Å²) in [5.41, 5.74) is 2.10. The molecular weight excluding hydrogens is 404 g/mol. The van der Waals surface area contributed by atoms with Gasteiger partial charge in [0.05, 0.1) is 0 Å². The lowest BCUT2D eigenvalue weighted by molar-refractivity contribution is 0.459. The molecule has 164 valence electrons. The van der Waals surface area contributed by atoms with E-state index in [0.717, 1.165) is 11.1 Å². The van der Waals surface area contributed by atoms with E-state index < -0.39 is 0 Å². The summed E-state index contributed by atoms with van der Waals surface area (Å²) >= 11 is 0. The Morgan fingerprint density at radius 3 is 0.969 bits per heavy atom. The summed E-state index contributed by atoms with van der Waals surface area (Å²) < 4.78 is 5.47. The van der Waals surface area contributed by atoms with Gasteiger partial charge in [-0.25, -0.2) is 0 Å². The Balaban J connectivity index is 0.000000182. The Hall–Kier alpha value is -4.12. The second-order valence-electron chi connectivity index (χ2n) is 7.81. The second-order valence-corrected chi connectivity index (χ2v) is 7.81. The van der Waals surface area contributed by atoms with Crippen molar-refractivity contribution >= 4 is 0 Å². The van der Waals surface area contributed by atoms with Crippen LogP contribution in [0.2, 0.25) is 0 Å². The van der Waals surface area contributed by atoms with Crippen LogP contribution in [-0.2, 0) is 5.41 Å². The third-order valence-corrected chi connectivity index (χ3v) is 5.09. The number of phenolic OH excluding ortho intramolecular Hbond substituents is 4. The van der Waals surface area contributed by atoms with Crippen molar-refractivity contribution in [3.8, 4) is 34.5 Å². The van der Waals surface area contributed by atoms with E-state index in [0.29, 0.717) is 11.5 Å². The lowest BCUT2D eigenvalue weighted by Crippen LogP contribution is -2.18. The number of rotatable bonds is 4. The van der Waals surface area contributed by atoms with Crippen LogP contribution in [0.15, 0.2) is 97.1 Å². The molecule has 0 spiro atoms. The molecule has 5 heteroatoms. The van der Waals surface area contributed by atoms with Crippen molar-refractivity contribution in [3.63, 3.8) is 0 Å². The van der Waals surface area contributed by atoms with Gasteiger partial charge < -0.3 is 25.2 Å². The van der Waals surface area contributed by atoms with Crippen molar-refractivity contribution in [2.45, 2.75) is 19.3 Å². The highest BCUT2D eigenvalue weighted by molar-refractivity contribution is 5.41. The first-order chi connectivity index (χ1) is 15.2. The van der Waals surface area contributed by atoms with E-state index in [1.165, 1.54) is 0 Å². The molecule has 0 saturated carbocycles. The number of aromatic hydroxyl groups is 4. The molecule has 4 aromatic rings. The molecule has 0 saturated heterocycles. The monoisotopic (exact) mass is 430 g/mol. The average molecular weight is 431 g/mol. The standard InChI is InChI=1S/C15H16O2.C12H10O3/c1-15(2,11-3-7-13(16)8-4-11)12-5-9-14(17)10-6-12;13-9-1-5-11(6-2-9)15-12-7-3-10(14)4-8-12/h3-10,16-17H,1-2H3;1-8,13-14H. The molecule has 0 aliphatic rings. The fraction of sp³-hybridized carbons (Fsp3) is 0.111. The van der Waals surface area contributed by atoms with E-state index in [2.05, 4.69) is 13.8 Å². The minimum atomic E-state index is -0.151. The van der Waals surface area contributed by atoms with Crippen molar-refractivity contribution in [1.29, 1.82) is 0 Å². The Morgan fingerprint density at radius 1 is 0.438 bits per heavy atom. The smallest absolute Gasteiger partial charge is 0.127 e. The van der Waals surface area contributed by atoms with Crippen LogP contribution >= 0.6 is 0 Å². The van der Waals surface area contributed by atoms with Crippen molar-refractivity contribution in [2.75, 3.05) is 0 Å². The molecule has 0 bridgehead atoms. The molecule has 0 aromatic heterocycles. The van der Waals surface area contributed by atoms with Crippen molar-refractivity contribution in [3.05, 3.63) is 108 Å². The molecule has 0 radical (unpaired) electrons. The van der Waals surface area contributed by atoms with Crippen molar-refractivity contribution < 1.29 is 25.2 Å². The number of benzene rings is 4. The Kier molecular flexibility index (Phi) is 6.90. The zero-order chi connectivity index (χ0) is 23.1. The van der Waals surface area contributed by atoms with Crippen LogP contribution in [0.25, 0.3) is 0 Å². The van der Waals surface area contributed by atoms with Crippen LogP contribution in [0.4, 0.5) is 0 Å². The maximum atomic E-state index is 9.30. The molecule has 0 atom stereocenters. The van der Waals surface area contributed by atoms with Gasteiger partial charge in [0.2, 0.25) is 0 Å². The number of ether oxygens (including phenoxy) is 1. The third-order valence-electron chi connectivity index (χ3n) is 5.09. The van der Waals surface area contributed by atoms with E-state index in [1.807, 2.05) is 24.3 Å². The fourth-order valence-electron chi connectivity index (χ4n) is 3.09. The summed E-state index contributed by atoms with van der Waals surface area (Å²) in [5.74, 6) is 2.23. The van der Waals surface area contributed by atoms with Gasteiger partial charge in [0.15, 0.2) is 0 Å². The predicted octanol–water partition coefficient (Wildman–Crippen LogP) is 6.31. The first-order valence-electron chi connectivity index (χ1n) is 10.1. The van der Waals surface area contributed by atoms with Gasteiger partial charge in [-0.1, -0.05) is 38.1 Å². The molecule has 0 aliphatic carbocycles. The van der Waals surface area contributed by atoms with E-state index in [1.54, 1.807) is 72.8 Å². The lowest BCUT2D eigenvalue weighted by atomic mass is 9.78. The van der Waals surface area contributed by atoms with Gasteiger partial charge in [-0.15, -0.1) is 0 Å². The van der Waals surface area contributed by atoms with Gasteiger partial charge in [0, 0.05) is 5.41 Å². The normalized spacial score (nSPS) is 10.7. The van der Waals surface area contributed by atoms with E-state index >= 15 is 0 Å². The molecule has 4 N–H and O–H groups in total. The quantitative estimate of drug-likeness (QED) is 0.304. The van der Waals surface area contributed by atoms with Crippen LogP contribution < -0.4 is 4.74 Å². The largest absolute Gasteiger partial charge is 0.508 e. The fourth-order valence-corrected chi connectivity index (χ4v) is 3.09. The molecule has 0 heterocycles. The van der Waals surface area contributed by atoms with Crippen LogP contribution in [0.5, 0.6) is 34.5 Å². The van der Waals surface area contributed by atoms with Gasteiger partial charge >= 0.3 is 0 Å². The lowest BCUT2D eigenvalue weighted by Gasteiger charge is -2.26. The molecule has 0 fully saturated rings. The summed E-state index contributed by atoms with van der Waals surface area (Å²) in [5, 5.41) is 36.7. The molecular formula is C27H26O5. The van der Waals surface area contributed by atoms with Gasteiger partial charge in [-0.2, -0.15) is 0 Å². The van der Waals surface area contributed by atoms with Gasteiger partial charge in [-0.3, -0.25) is 0 Å². The average Bonchev–Trinajstić information content (AvgIpc) is 2.78. The third kappa shape index (κ3) is 5.95. The number of hydrogen-bond acceptors (Lipinski definition) is 5. The Labute approximate surface area is 187 Å². The summed E-state index contributed by atoms with van der Waals surface area (Å²) in [7, 11) is 0. The van der Waals surface area contributed by atoms with Gasteiger partial charge in [0.25, 0.3) is 0 Å². The zero-order valence-electron chi connectivity index (χ0n) is 17.9. The first-order valence-corrected chi connectivity index (χ1v) is 10.1. The SMILES string of the molecule is CC(C)(c1ccc(O)cc1)c1ccc(O)cc1.Oc1ccc(Oc2ccc(O)cc2)cc1. The summed E-state index contributed by atoms with van der Waals surface area (Å²) in [6.07, 6.45) is 0. The summed E-state index contributed by atoms with van der Waals surface area (Å²) in [6.45, 7) is 4.23. The highest BCUT2D eigenvalue weighted by Gasteiger charge is 2.22. The van der Waals surface area contributed by atoms with E-state index in [9.17, 15) is 10.2 Å². The minimum absolute atomic E-state index is 0.151. The minimum Gasteiger partial charge on any atom is -0.508 e. The molecule has 4 rings (SSSR count). The highest BCUT2D eigenvalue weighted by atomic mass is 16.5. The number of phenols is 4. The number of hydrogen-bond donors (Lipinski definition) is 4. The van der Waals surface area contributed by atoms with Crippen LogP contribution in [0.1, 0.15) is 25.0 Å². The predicted molar refractivity (Wildman–Crippen MR) is 125 cm³/mol. The van der Waals surface area contributed by atoms with Crippen molar-refractivity contribution in [2.24, 2.45) is 0 Å². The molecule has 0 amide bonds. The maximum Gasteiger partial charge on any atom is 0.127 e. The zero-order valence-corrected chi connectivity index (χ0v) is 17.9. The maximum absolute atomic E-state index is 9.30. The van der Waals surface area contributed by atoms with E-state index in [4.69, 9.17) is 14.9 Å². The van der Waals surface area contributed by atoms with Crippen molar-refractivity contribution in [1.82, 2.24) is 0 Å². The van der Waals surface area contributed by atoms with Crippen LogP contribution in [0.3, 0.4) is 0 Å². The topological polar surface area (TPSA) is 90.2 Å².